The monoisotopic (exact) mass is 334 g/mol. The second-order valence-electron chi connectivity index (χ2n) is 6.10. The summed E-state index contributed by atoms with van der Waals surface area (Å²) in [4.78, 5) is 7.89. The Balaban J connectivity index is 1.57. The highest BCUT2D eigenvalue weighted by molar-refractivity contribution is 5.70. The molecule has 0 spiro atoms. The third kappa shape index (κ3) is 2.83. The van der Waals surface area contributed by atoms with Crippen molar-refractivity contribution in [2.75, 3.05) is 5.32 Å². The molecule has 0 radical (unpaired) electrons. The maximum absolute atomic E-state index is 12.9. The second-order valence-corrected chi connectivity index (χ2v) is 6.10. The molecule has 0 bridgehead atoms. The summed E-state index contributed by atoms with van der Waals surface area (Å²) in [7, 11) is 0. The SMILES string of the molecule is Cc1cc(C#N)ccc1-c1cnn2c1CC(Nc1ncc(F)cn1)C2. The standard InChI is InChI=1S/C18H15FN6/c1-11-4-12(6-20)2-3-15(11)16-9-23-25-10-14(5-17(16)25)24-18-21-7-13(19)8-22-18/h2-4,7-9,14H,5,10H2,1H3,(H,21,22,24). The number of fused-ring (bicyclic) bond motifs is 1. The molecule has 25 heavy (non-hydrogen) atoms. The van der Waals surface area contributed by atoms with Gasteiger partial charge in [-0.25, -0.2) is 14.4 Å². The van der Waals surface area contributed by atoms with Crippen LogP contribution < -0.4 is 5.32 Å². The normalized spacial score (nSPS) is 15.6. The summed E-state index contributed by atoms with van der Waals surface area (Å²) in [6.45, 7) is 2.70. The molecule has 1 N–H and O–H groups in total. The van der Waals surface area contributed by atoms with E-state index in [9.17, 15) is 4.39 Å². The molecule has 7 heteroatoms. The zero-order valence-electron chi connectivity index (χ0n) is 13.6. The maximum Gasteiger partial charge on any atom is 0.223 e. The molecule has 124 valence electrons. The molecule has 1 atom stereocenters. The van der Waals surface area contributed by atoms with Gasteiger partial charge >= 0.3 is 0 Å². The number of hydrogen-bond donors (Lipinski definition) is 1. The fourth-order valence-corrected chi connectivity index (χ4v) is 3.22. The Morgan fingerprint density at radius 2 is 2.04 bits per heavy atom. The minimum Gasteiger partial charge on any atom is -0.349 e. The Morgan fingerprint density at radius 3 is 2.76 bits per heavy atom. The molecule has 0 saturated carbocycles. The molecule has 6 nitrogen and oxygen atoms in total. The highest BCUT2D eigenvalue weighted by atomic mass is 19.1. The Hall–Kier alpha value is -3.27. The molecular weight excluding hydrogens is 319 g/mol. The number of nitrogens with one attached hydrogen (secondary N) is 1. The van der Waals surface area contributed by atoms with E-state index in [1.165, 1.54) is 0 Å². The van der Waals surface area contributed by atoms with Gasteiger partial charge in [0.05, 0.1) is 42.8 Å². The van der Waals surface area contributed by atoms with E-state index in [-0.39, 0.29) is 6.04 Å². The maximum atomic E-state index is 12.9. The number of hydrogen-bond acceptors (Lipinski definition) is 5. The highest BCUT2D eigenvalue weighted by Gasteiger charge is 2.26. The fraction of sp³-hybridized carbons (Fsp3) is 0.222. The predicted molar refractivity (Wildman–Crippen MR) is 90.2 cm³/mol. The third-order valence-electron chi connectivity index (χ3n) is 4.38. The van der Waals surface area contributed by atoms with Gasteiger partial charge in [0.25, 0.3) is 0 Å². The molecule has 0 saturated heterocycles. The summed E-state index contributed by atoms with van der Waals surface area (Å²) in [5, 5.41) is 16.7. The van der Waals surface area contributed by atoms with Crippen molar-refractivity contribution >= 4 is 5.95 Å². The van der Waals surface area contributed by atoms with E-state index in [2.05, 4.69) is 26.5 Å². The van der Waals surface area contributed by atoms with E-state index in [0.29, 0.717) is 18.1 Å². The first-order valence-electron chi connectivity index (χ1n) is 7.94. The first kappa shape index (κ1) is 15.3. The van der Waals surface area contributed by atoms with Crippen molar-refractivity contribution in [3.8, 4) is 17.2 Å². The summed E-state index contributed by atoms with van der Waals surface area (Å²) in [5.74, 6) is -0.0447. The number of nitrogens with zero attached hydrogens (tertiary/aromatic N) is 5. The van der Waals surface area contributed by atoms with Crippen molar-refractivity contribution in [2.24, 2.45) is 0 Å². The molecule has 4 rings (SSSR count). The minimum atomic E-state index is -0.455. The number of halogens is 1. The molecule has 1 aliphatic rings. The van der Waals surface area contributed by atoms with Crippen LogP contribution in [0.1, 0.15) is 16.8 Å². The van der Waals surface area contributed by atoms with Gasteiger partial charge in [0.2, 0.25) is 5.95 Å². The van der Waals surface area contributed by atoms with Crippen molar-refractivity contribution in [3.63, 3.8) is 0 Å². The van der Waals surface area contributed by atoms with Crippen LogP contribution in [0.25, 0.3) is 11.1 Å². The van der Waals surface area contributed by atoms with Gasteiger partial charge in [-0.05, 0) is 30.2 Å². The Kier molecular flexibility index (Phi) is 3.65. The lowest BCUT2D eigenvalue weighted by Gasteiger charge is -2.11. The number of nitriles is 1. The van der Waals surface area contributed by atoms with Gasteiger partial charge in [0.15, 0.2) is 5.82 Å². The molecule has 2 aromatic heterocycles. The average Bonchev–Trinajstić information content (AvgIpc) is 3.17. The Labute approximate surface area is 144 Å². The van der Waals surface area contributed by atoms with E-state index in [0.717, 1.165) is 41.2 Å². The third-order valence-corrected chi connectivity index (χ3v) is 4.38. The van der Waals surface area contributed by atoms with Crippen LogP contribution in [0.3, 0.4) is 0 Å². The van der Waals surface area contributed by atoms with Crippen molar-refractivity contribution in [1.29, 1.82) is 5.26 Å². The molecule has 1 unspecified atom stereocenters. The van der Waals surface area contributed by atoms with Crippen LogP contribution in [0, 0.1) is 24.1 Å². The summed E-state index contributed by atoms with van der Waals surface area (Å²) in [5.41, 5.74) is 4.99. The molecule has 0 aliphatic carbocycles. The summed E-state index contributed by atoms with van der Waals surface area (Å²) in [6.07, 6.45) is 4.94. The van der Waals surface area contributed by atoms with E-state index < -0.39 is 5.82 Å². The van der Waals surface area contributed by atoms with Crippen LogP contribution in [0.15, 0.2) is 36.8 Å². The smallest absolute Gasteiger partial charge is 0.223 e. The molecule has 3 aromatic rings. The minimum absolute atomic E-state index is 0.103. The van der Waals surface area contributed by atoms with Gasteiger partial charge < -0.3 is 5.32 Å². The average molecular weight is 334 g/mol. The lowest BCUT2D eigenvalue weighted by atomic mass is 9.98. The quantitative estimate of drug-likeness (QED) is 0.796. The van der Waals surface area contributed by atoms with E-state index in [1.54, 1.807) is 0 Å². The summed E-state index contributed by atoms with van der Waals surface area (Å²) < 4.78 is 14.9. The molecule has 3 heterocycles. The van der Waals surface area contributed by atoms with Crippen LogP contribution >= 0.6 is 0 Å². The fourth-order valence-electron chi connectivity index (χ4n) is 3.22. The van der Waals surface area contributed by atoms with Gasteiger partial charge in [-0.3, -0.25) is 4.68 Å². The van der Waals surface area contributed by atoms with E-state index >= 15 is 0 Å². The summed E-state index contributed by atoms with van der Waals surface area (Å²) >= 11 is 0. The van der Waals surface area contributed by atoms with Crippen LogP contribution in [-0.4, -0.2) is 25.8 Å². The highest BCUT2D eigenvalue weighted by Crippen LogP contribution is 2.31. The van der Waals surface area contributed by atoms with Crippen molar-refractivity contribution < 1.29 is 4.39 Å². The van der Waals surface area contributed by atoms with Gasteiger partial charge in [0, 0.05) is 17.7 Å². The topological polar surface area (TPSA) is 79.4 Å². The van der Waals surface area contributed by atoms with Crippen molar-refractivity contribution in [1.82, 2.24) is 19.7 Å². The number of anilines is 1. The number of rotatable bonds is 3. The van der Waals surface area contributed by atoms with E-state index in [4.69, 9.17) is 5.26 Å². The second kappa shape index (κ2) is 5.98. The molecule has 1 aromatic carbocycles. The van der Waals surface area contributed by atoms with Crippen LogP contribution in [-0.2, 0) is 13.0 Å². The lowest BCUT2D eigenvalue weighted by Crippen LogP contribution is -2.22. The molecule has 1 aliphatic heterocycles. The molecular formula is C18H15FN6. The largest absolute Gasteiger partial charge is 0.349 e. The first-order valence-corrected chi connectivity index (χ1v) is 7.94. The van der Waals surface area contributed by atoms with Crippen LogP contribution in [0.5, 0.6) is 0 Å². The summed E-state index contributed by atoms with van der Waals surface area (Å²) in [6, 6.07) is 7.94. The zero-order chi connectivity index (χ0) is 17.4. The van der Waals surface area contributed by atoms with E-state index in [1.807, 2.05) is 36.0 Å². The van der Waals surface area contributed by atoms with Crippen LogP contribution in [0.4, 0.5) is 10.3 Å². The lowest BCUT2D eigenvalue weighted by molar-refractivity contribution is 0.601. The number of aromatic nitrogens is 4. The number of aryl methyl sites for hydroxylation is 1. The first-order chi connectivity index (χ1) is 12.1. The van der Waals surface area contributed by atoms with Gasteiger partial charge in [-0.15, -0.1) is 0 Å². The van der Waals surface area contributed by atoms with Gasteiger partial charge in [-0.2, -0.15) is 10.4 Å². The Bertz CT molecular complexity index is 970. The van der Waals surface area contributed by atoms with Gasteiger partial charge in [0.1, 0.15) is 0 Å². The predicted octanol–water partition coefficient (Wildman–Crippen LogP) is 2.70. The van der Waals surface area contributed by atoms with Crippen LogP contribution in [0.2, 0.25) is 0 Å². The zero-order valence-corrected chi connectivity index (χ0v) is 13.6. The van der Waals surface area contributed by atoms with Gasteiger partial charge in [-0.1, -0.05) is 6.07 Å². The Morgan fingerprint density at radius 1 is 1.24 bits per heavy atom. The molecule has 0 fully saturated rings. The van der Waals surface area contributed by atoms with Crippen molar-refractivity contribution in [3.05, 3.63) is 59.4 Å². The van der Waals surface area contributed by atoms with Crippen molar-refractivity contribution in [2.45, 2.75) is 25.9 Å². The molecule has 0 amide bonds. The number of benzene rings is 1.